The van der Waals surface area contributed by atoms with Crippen molar-refractivity contribution >= 4 is 16.7 Å². The summed E-state index contributed by atoms with van der Waals surface area (Å²) in [7, 11) is 0. The molecule has 2 aromatic carbocycles. The Balaban J connectivity index is 2.01. The first-order chi connectivity index (χ1) is 9.27. The molecule has 2 aromatic rings. The summed E-state index contributed by atoms with van der Waals surface area (Å²) in [6.07, 6.45) is 0. The van der Waals surface area contributed by atoms with Gasteiger partial charge in [-0.15, -0.1) is 0 Å². The molecule has 98 valence electrons. The highest BCUT2D eigenvalue weighted by Crippen LogP contribution is 2.21. The van der Waals surface area contributed by atoms with Gasteiger partial charge in [0.15, 0.2) is 0 Å². The fourth-order valence-electron chi connectivity index (χ4n) is 2.71. The third-order valence-electron chi connectivity index (χ3n) is 3.78. The van der Waals surface area contributed by atoms with Crippen molar-refractivity contribution in [3.05, 3.63) is 48.0 Å². The molecule has 3 rings (SSSR count). The Bertz CT molecular complexity index is 603. The molecule has 1 aliphatic heterocycles. The Morgan fingerprint density at radius 3 is 2.84 bits per heavy atom. The van der Waals surface area contributed by atoms with Gasteiger partial charge in [-0.3, -0.25) is 4.79 Å². The number of nitrogens with one attached hydrogen (secondary N) is 1. The largest absolute Gasteiger partial charge is 0.333 e. The van der Waals surface area contributed by atoms with E-state index in [2.05, 4.69) is 12.2 Å². The summed E-state index contributed by atoms with van der Waals surface area (Å²) in [5.41, 5.74) is 0.812. The van der Waals surface area contributed by atoms with Gasteiger partial charge in [0.1, 0.15) is 0 Å². The van der Waals surface area contributed by atoms with Gasteiger partial charge in [-0.25, -0.2) is 0 Å². The van der Waals surface area contributed by atoms with Crippen LogP contribution in [0.2, 0.25) is 0 Å². The van der Waals surface area contributed by atoms with E-state index >= 15 is 0 Å². The maximum Gasteiger partial charge on any atom is 0.254 e. The van der Waals surface area contributed by atoms with Crippen LogP contribution in [0.25, 0.3) is 10.8 Å². The molecule has 1 N–H and O–H groups in total. The lowest BCUT2D eigenvalue weighted by Crippen LogP contribution is -2.52. The van der Waals surface area contributed by atoms with Gasteiger partial charge in [0, 0.05) is 31.2 Å². The highest BCUT2D eigenvalue weighted by atomic mass is 16.2. The van der Waals surface area contributed by atoms with Crippen molar-refractivity contribution in [2.75, 3.05) is 19.6 Å². The van der Waals surface area contributed by atoms with E-state index in [0.717, 1.165) is 36.0 Å². The van der Waals surface area contributed by atoms with E-state index in [1.807, 2.05) is 47.4 Å². The molecule has 0 saturated carbocycles. The van der Waals surface area contributed by atoms with E-state index in [4.69, 9.17) is 0 Å². The lowest BCUT2D eigenvalue weighted by atomic mass is 10.0. The first-order valence-electron chi connectivity index (χ1n) is 6.77. The molecule has 0 bridgehead atoms. The van der Waals surface area contributed by atoms with Crippen LogP contribution in [0.5, 0.6) is 0 Å². The molecule has 1 aliphatic rings. The van der Waals surface area contributed by atoms with Gasteiger partial charge in [0.05, 0.1) is 0 Å². The molecule has 3 nitrogen and oxygen atoms in total. The molecular weight excluding hydrogens is 236 g/mol. The predicted molar refractivity (Wildman–Crippen MR) is 77.3 cm³/mol. The molecule has 0 radical (unpaired) electrons. The van der Waals surface area contributed by atoms with Crippen LogP contribution in [-0.2, 0) is 0 Å². The number of carbonyl (C=O) groups is 1. The van der Waals surface area contributed by atoms with Crippen LogP contribution in [0.4, 0.5) is 0 Å². The van der Waals surface area contributed by atoms with Crippen molar-refractivity contribution in [3.63, 3.8) is 0 Å². The Morgan fingerprint density at radius 2 is 2.00 bits per heavy atom. The van der Waals surface area contributed by atoms with Gasteiger partial charge in [-0.05, 0) is 23.8 Å². The molecule has 0 aliphatic carbocycles. The fourth-order valence-corrected chi connectivity index (χ4v) is 2.71. The topological polar surface area (TPSA) is 32.3 Å². The van der Waals surface area contributed by atoms with Gasteiger partial charge in [-0.1, -0.05) is 36.4 Å². The minimum Gasteiger partial charge on any atom is -0.333 e. The molecule has 0 spiro atoms. The molecular formula is C16H18N2O. The van der Waals surface area contributed by atoms with Crippen LogP contribution >= 0.6 is 0 Å². The van der Waals surface area contributed by atoms with E-state index in [0.29, 0.717) is 0 Å². The Morgan fingerprint density at radius 1 is 1.21 bits per heavy atom. The zero-order valence-electron chi connectivity index (χ0n) is 11.1. The summed E-state index contributed by atoms with van der Waals surface area (Å²) in [6.45, 7) is 4.62. The minimum atomic E-state index is 0.144. The van der Waals surface area contributed by atoms with Crippen molar-refractivity contribution in [2.24, 2.45) is 0 Å². The summed E-state index contributed by atoms with van der Waals surface area (Å²) >= 11 is 0. The van der Waals surface area contributed by atoms with Crippen LogP contribution in [0, 0.1) is 0 Å². The number of piperazine rings is 1. The molecule has 0 aromatic heterocycles. The highest BCUT2D eigenvalue weighted by Gasteiger charge is 2.24. The van der Waals surface area contributed by atoms with Crippen molar-refractivity contribution < 1.29 is 4.79 Å². The number of carbonyl (C=O) groups excluding carboxylic acids is 1. The van der Waals surface area contributed by atoms with Gasteiger partial charge in [-0.2, -0.15) is 0 Å². The van der Waals surface area contributed by atoms with E-state index in [9.17, 15) is 4.79 Å². The van der Waals surface area contributed by atoms with Gasteiger partial charge in [0.25, 0.3) is 5.91 Å². The third kappa shape index (κ3) is 2.22. The SMILES string of the molecule is C[C@@H]1CNCCN1C(=O)c1cccc2ccccc12. The number of amides is 1. The van der Waals surface area contributed by atoms with Crippen molar-refractivity contribution in [1.29, 1.82) is 0 Å². The van der Waals surface area contributed by atoms with Crippen molar-refractivity contribution in [3.8, 4) is 0 Å². The summed E-state index contributed by atoms with van der Waals surface area (Å²) in [6, 6.07) is 14.3. The van der Waals surface area contributed by atoms with Gasteiger partial charge >= 0.3 is 0 Å². The summed E-state index contributed by atoms with van der Waals surface area (Å²) in [5.74, 6) is 0.144. The quantitative estimate of drug-likeness (QED) is 0.846. The standard InChI is InChI=1S/C16H18N2O/c1-12-11-17-9-10-18(12)16(19)15-8-4-6-13-5-2-3-7-14(13)15/h2-8,12,17H,9-11H2,1H3/t12-/m1/s1. The fraction of sp³-hybridized carbons (Fsp3) is 0.312. The van der Waals surface area contributed by atoms with Crippen LogP contribution in [0.1, 0.15) is 17.3 Å². The van der Waals surface area contributed by atoms with Crippen molar-refractivity contribution in [1.82, 2.24) is 10.2 Å². The number of hydrogen-bond acceptors (Lipinski definition) is 2. The summed E-state index contributed by atoms with van der Waals surface area (Å²) < 4.78 is 0. The Hall–Kier alpha value is -1.87. The van der Waals surface area contributed by atoms with E-state index in [1.165, 1.54) is 0 Å². The van der Waals surface area contributed by atoms with Crippen LogP contribution in [-0.4, -0.2) is 36.5 Å². The number of rotatable bonds is 1. The zero-order valence-corrected chi connectivity index (χ0v) is 11.1. The van der Waals surface area contributed by atoms with Gasteiger partial charge < -0.3 is 10.2 Å². The zero-order chi connectivity index (χ0) is 13.2. The maximum atomic E-state index is 12.7. The smallest absolute Gasteiger partial charge is 0.254 e. The number of benzene rings is 2. The lowest BCUT2D eigenvalue weighted by Gasteiger charge is -2.34. The molecule has 1 amide bonds. The van der Waals surface area contributed by atoms with Crippen LogP contribution < -0.4 is 5.32 Å². The predicted octanol–water partition coefficient (Wildman–Crippen LogP) is 2.27. The molecule has 1 saturated heterocycles. The second-order valence-corrected chi connectivity index (χ2v) is 5.08. The summed E-state index contributed by atoms with van der Waals surface area (Å²) in [4.78, 5) is 14.7. The monoisotopic (exact) mass is 254 g/mol. The average molecular weight is 254 g/mol. The molecule has 1 fully saturated rings. The highest BCUT2D eigenvalue weighted by molar-refractivity contribution is 6.07. The molecule has 1 heterocycles. The average Bonchev–Trinajstić information content (AvgIpc) is 2.46. The number of fused-ring (bicyclic) bond motifs is 1. The first-order valence-corrected chi connectivity index (χ1v) is 6.77. The summed E-state index contributed by atoms with van der Waals surface area (Å²) in [5, 5.41) is 5.48. The maximum absolute atomic E-state index is 12.7. The first kappa shape index (κ1) is 12.2. The normalized spacial score (nSPS) is 19.6. The third-order valence-corrected chi connectivity index (χ3v) is 3.78. The van der Waals surface area contributed by atoms with E-state index in [1.54, 1.807) is 0 Å². The Labute approximate surface area is 113 Å². The van der Waals surface area contributed by atoms with Crippen molar-refractivity contribution in [2.45, 2.75) is 13.0 Å². The molecule has 0 unspecified atom stereocenters. The molecule has 1 atom stereocenters. The number of nitrogens with zero attached hydrogens (tertiary/aromatic N) is 1. The second kappa shape index (κ2) is 5.02. The lowest BCUT2D eigenvalue weighted by molar-refractivity contribution is 0.0658. The van der Waals surface area contributed by atoms with Gasteiger partial charge in [0.2, 0.25) is 0 Å². The van der Waals surface area contributed by atoms with Crippen LogP contribution in [0.3, 0.4) is 0 Å². The number of hydrogen-bond donors (Lipinski definition) is 1. The second-order valence-electron chi connectivity index (χ2n) is 5.08. The van der Waals surface area contributed by atoms with E-state index in [-0.39, 0.29) is 11.9 Å². The minimum absolute atomic E-state index is 0.144. The van der Waals surface area contributed by atoms with Crippen LogP contribution in [0.15, 0.2) is 42.5 Å². The molecule has 3 heteroatoms. The Kier molecular flexibility index (Phi) is 3.22. The van der Waals surface area contributed by atoms with E-state index < -0.39 is 0 Å². The molecule has 19 heavy (non-hydrogen) atoms.